The molecule has 0 saturated heterocycles. The Morgan fingerprint density at radius 1 is 1.14 bits per heavy atom. The lowest BCUT2D eigenvalue weighted by atomic mass is 10.1. The van der Waals surface area contributed by atoms with E-state index in [1.807, 2.05) is 0 Å². The van der Waals surface area contributed by atoms with E-state index in [0.717, 1.165) is 36.3 Å². The number of fused-ring (bicyclic) bond motifs is 1. The molecular weight excluding hydrogens is 380 g/mol. The van der Waals surface area contributed by atoms with E-state index in [2.05, 4.69) is 25.2 Å². The van der Waals surface area contributed by atoms with E-state index in [0.29, 0.717) is 22.1 Å². The molecule has 9 heteroatoms. The molecule has 144 valence electrons. The number of halogens is 1. The third-order valence-corrected chi connectivity index (χ3v) is 5.10. The molecule has 1 aliphatic heterocycles. The molecule has 1 aromatic carbocycles. The van der Waals surface area contributed by atoms with Gasteiger partial charge in [0.15, 0.2) is 5.82 Å². The molecule has 1 N–H and O–H groups in total. The molecular formula is C19H19ClN6O2. The molecule has 4 rings (SSSR count). The van der Waals surface area contributed by atoms with Gasteiger partial charge in [-0.05, 0) is 37.1 Å². The van der Waals surface area contributed by atoms with Crippen LogP contribution in [0.25, 0.3) is 11.4 Å². The fourth-order valence-corrected chi connectivity index (χ4v) is 3.48. The van der Waals surface area contributed by atoms with Gasteiger partial charge < -0.3 is 9.88 Å². The van der Waals surface area contributed by atoms with Crippen LogP contribution in [-0.4, -0.2) is 30.5 Å². The minimum atomic E-state index is -0.413. The maximum Gasteiger partial charge on any atom is 0.276 e. The maximum atomic E-state index is 12.5. The standard InChI is InChI=1S/C19H19ClN6O2/c1-25-17(27)9-8-15(24-25)19(28)21-12-6-7-14(20)13(11-12)18-23-22-16-5-3-2-4-10-26(16)18/h6-9,11H,2-5,10H2,1H3,(H,21,28). The number of rotatable bonds is 3. The van der Waals surface area contributed by atoms with Gasteiger partial charge in [-0.15, -0.1) is 10.2 Å². The number of aromatic nitrogens is 5. The molecule has 0 atom stereocenters. The molecule has 0 bridgehead atoms. The van der Waals surface area contributed by atoms with Crippen molar-refractivity contribution in [3.63, 3.8) is 0 Å². The van der Waals surface area contributed by atoms with Crippen molar-refractivity contribution >= 4 is 23.2 Å². The predicted octanol–water partition coefficient (Wildman–Crippen LogP) is 2.67. The summed E-state index contributed by atoms with van der Waals surface area (Å²) in [5, 5.41) is 16.0. The second-order valence-electron chi connectivity index (χ2n) is 6.73. The Kier molecular flexibility index (Phi) is 4.95. The number of hydrogen-bond acceptors (Lipinski definition) is 5. The van der Waals surface area contributed by atoms with Crippen molar-refractivity contribution in [3.8, 4) is 11.4 Å². The highest BCUT2D eigenvalue weighted by molar-refractivity contribution is 6.33. The van der Waals surface area contributed by atoms with Crippen molar-refractivity contribution in [2.45, 2.75) is 32.2 Å². The van der Waals surface area contributed by atoms with Gasteiger partial charge in [-0.1, -0.05) is 18.0 Å². The SMILES string of the molecule is Cn1nc(C(=O)Nc2ccc(Cl)c(-c3nnc4n3CCCCC4)c2)ccc1=O. The quantitative estimate of drug-likeness (QED) is 0.731. The van der Waals surface area contributed by atoms with E-state index in [-0.39, 0.29) is 11.3 Å². The van der Waals surface area contributed by atoms with Crippen LogP contribution in [0.15, 0.2) is 35.1 Å². The van der Waals surface area contributed by atoms with Crippen LogP contribution in [0, 0.1) is 0 Å². The molecule has 2 aromatic heterocycles. The van der Waals surface area contributed by atoms with Gasteiger partial charge in [0.05, 0.1) is 5.02 Å². The summed E-state index contributed by atoms with van der Waals surface area (Å²) < 4.78 is 3.22. The Bertz CT molecular complexity index is 1100. The first kappa shape index (κ1) is 18.4. The Morgan fingerprint density at radius 3 is 2.82 bits per heavy atom. The monoisotopic (exact) mass is 398 g/mol. The van der Waals surface area contributed by atoms with Gasteiger partial charge in [-0.25, -0.2) is 4.68 Å². The van der Waals surface area contributed by atoms with Crippen LogP contribution >= 0.6 is 11.6 Å². The van der Waals surface area contributed by atoms with Crippen LogP contribution in [0.1, 0.15) is 35.6 Å². The Balaban J connectivity index is 1.64. The summed E-state index contributed by atoms with van der Waals surface area (Å²) in [7, 11) is 1.50. The van der Waals surface area contributed by atoms with Crippen molar-refractivity contribution in [3.05, 3.63) is 57.2 Å². The number of benzene rings is 1. The predicted molar refractivity (Wildman–Crippen MR) is 105 cm³/mol. The minimum Gasteiger partial charge on any atom is -0.321 e. The zero-order valence-electron chi connectivity index (χ0n) is 15.4. The van der Waals surface area contributed by atoms with Crippen LogP contribution in [0.2, 0.25) is 5.02 Å². The van der Waals surface area contributed by atoms with Crippen LogP contribution in [0.5, 0.6) is 0 Å². The highest BCUT2D eigenvalue weighted by atomic mass is 35.5. The van der Waals surface area contributed by atoms with E-state index in [1.54, 1.807) is 18.2 Å². The fraction of sp³-hybridized carbons (Fsp3) is 0.316. The third kappa shape index (κ3) is 3.55. The molecule has 0 saturated carbocycles. The van der Waals surface area contributed by atoms with Gasteiger partial charge in [-0.3, -0.25) is 9.59 Å². The topological polar surface area (TPSA) is 94.7 Å². The molecule has 0 unspecified atom stereocenters. The molecule has 3 heterocycles. The number of amides is 1. The highest BCUT2D eigenvalue weighted by Gasteiger charge is 2.19. The summed E-state index contributed by atoms with van der Waals surface area (Å²) in [5.74, 6) is 1.26. The first-order valence-corrected chi connectivity index (χ1v) is 9.48. The van der Waals surface area contributed by atoms with Crippen LogP contribution in [0.3, 0.4) is 0 Å². The zero-order valence-corrected chi connectivity index (χ0v) is 16.1. The fourth-order valence-electron chi connectivity index (χ4n) is 3.28. The molecule has 28 heavy (non-hydrogen) atoms. The van der Waals surface area contributed by atoms with Gasteiger partial charge in [0.2, 0.25) is 0 Å². The van der Waals surface area contributed by atoms with Crippen molar-refractivity contribution < 1.29 is 4.79 Å². The van der Waals surface area contributed by atoms with Crippen LogP contribution < -0.4 is 10.9 Å². The van der Waals surface area contributed by atoms with Crippen molar-refractivity contribution in [2.75, 3.05) is 5.32 Å². The van der Waals surface area contributed by atoms with Crippen LogP contribution in [-0.2, 0) is 20.0 Å². The third-order valence-electron chi connectivity index (χ3n) is 4.77. The second-order valence-corrected chi connectivity index (χ2v) is 7.14. The average Bonchev–Trinajstić information content (AvgIpc) is 2.93. The number of nitrogens with zero attached hydrogens (tertiary/aromatic N) is 5. The lowest BCUT2D eigenvalue weighted by Crippen LogP contribution is -2.23. The van der Waals surface area contributed by atoms with Gasteiger partial charge >= 0.3 is 0 Å². The number of carbonyl (C=O) groups is 1. The molecule has 0 radical (unpaired) electrons. The smallest absolute Gasteiger partial charge is 0.276 e. The average molecular weight is 399 g/mol. The summed E-state index contributed by atoms with van der Waals surface area (Å²) in [4.78, 5) is 23.9. The Labute approximate surface area is 166 Å². The van der Waals surface area contributed by atoms with E-state index >= 15 is 0 Å². The first-order chi connectivity index (χ1) is 13.5. The number of aryl methyl sites for hydroxylation is 2. The number of anilines is 1. The number of carbonyl (C=O) groups excluding carboxylic acids is 1. The molecule has 8 nitrogen and oxygen atoms in total. The second kappa shape index (κ2) is 7.55. The Hall–Kier alpha value is -3.00. The summed E-state index contributed by atoms with van der Waals surface area (Å²) in [6.45, 7) is 0.854. The molecule has 0 fully saturated rings. The normalized spacial score (nSPS) is 13.6. The van der Waals surface area contributed by atoms with E-state index < -0.39 is 5.91 Å². The minimum absolute atomic E-state index is 0.148. The molecule has 1 amide bonds. The summed E-state index contributed by atoms with van der Waals surface area (Å²) >= 11 is 6.42. The van der Waals surface area contributed by atoms with Gasteiger partial charge in [0, 0.05) is 37.3 Å². The number of nitrogens with one attached hydrogen (secondary N) is 1. The zero-order chi connectivity index (χ0) is 19.7. The van der Waals surface area contributed by atoms with Gasteiger partial charge in [0.1, 0.15) is 11.5 Å². The van der Waals surface area contributed by atoms with E-state index in [1.165, 1.54) is 25.6 Å². The summed E-state index contributed by atoms with van der Waals surface area (Å²) in [6.07, 6.45) is 4.25. The van der Waals surface area contributed by atoms with Crippen molar-refractivity contribution in [1.82, 2.24) is 24.5 Å². The molecule has 3 aromatic rings. The van der Waals surface area contributed by atoms with Gasteiger partial charge in [-0.2, -0.15) is 5.10 Å². The van der Waals surface area contributed by atoms with Crippen LogP contribution in [0.4, 0.5) is 5.69 Å². The maximum absolute atomic E-state index is 12.5. The summed E-state index contributed by atoms with van der Waals surface area (Å²) in [5.41, 5.74) is 1.15. The highest BCUT2D eigenvalue weighted by Crippen LogP contribution is 2.31. The van der Waals surface area contributed by atoms with E-state index in [9.17, 15) is 9.59 Å². The molecule has 0 spiro atoms. The van der Waals surface area contributed by atoms with Crippen molar-refractivity contribution in [2.24, 2.45) is 7.05 Å². The van der Waals surface area contributed by atoms with Crippen molar-refractivity contribution in [1.29, 1.82) is 0 Å². The lowest BCUT2D eigenvalue weighted by Gasteiger charge is -2.11. The molecule has 1 aliphatic rings. The number of hydrogen-bond donors (Lipinski definition) is 1. The van der Waals surface area contributed by atoms with E-state index in [4.69, 9.17) is 11.6 Å². The largest absolute Gasteiger partial charge is 0.321 e. The first-order valence-electron chi connectivity index (χ1n) is 9.10. The van der Waals surface area contributed by atoms with Gasteiger partial charge in [0.25, 0.3) is 11.5 Å². The Morgan fingerprint density at radius 2 is 2.00 bits per heavy atom. The lowest BCUT2D eigenvalue weighted by molar-refractivity contribution is 0.102. The summed E-state index contributed by atoms with van der Waals surface area (Å²) in [6, 6.07) is 7.92. The molecule has 0 aliphatic carbocycles.